The van der Waals surface area contributed by atoms with E-state index in [-0.39, 0.29) is 5.56 Å². The van der Waals surface area contributed by atoms with E-state index in [0.29, 0.717) is 10.6 Å². The maximum atomic E-state index is 12.0. The molecule has 1 aromatic carbocycles. The Hall–Kier alpha value is -1.33. The number of fused-ring (bicyclic) bond motifs is 1. The monoisotopic (exact) mass is 262 g/mol. The van der Waals surface area contributed by atoms with Gasteiger partial charge in [0.2, 0.25) is 0 Å². The number of hydrogen-bond acceptors (Lipinski definition) is 4. The number of para-hydroxylation sites is 1. The number of aromatic amines is 1. The molecule has 2 aromatic rings. The third kappa shape index (κ3) is 2.15. The van der Waals surface area contributed by atoms with E-state index in [0.717, 1.165) is 35.9 Å². The SMILES string of the molecule is Cc1cccc2c(=O)[nH]c(CSC3COC3)nc12. The van der Waals surface area contributed by atoms with Crippen molar-refractivity contribution in [2.75, 3.05) is 13.2 Å². The molecule has 0 atom stereocenters. The summed E-state index contributed by atoms with van der Waals surface area (Å²) in [5, 5.41) is 1.21. The second-order valence-corrected chi connectivity index (χ2v) is 5.74. The molecule has 1 fully saturated rings. The summed E-state index contributed by atoms with van der Waals surface area (Å²) in [5.74, 6) is 1.48. The third-order valence-corrected chi connectivity index (χ3v) is 4.23. The minimum Gasteiger partial charge on any atom is -0.379 e. The van der Waals surface area contributed by atoms with Gasteiger partial charge in [-0.05, 0) is 18.6 Å². The van der Waals surface area contributed by atoms with Gasteiger partial charge in [0.15, 0.2) is 0 Å². The Morgan fingerprint density at radius 1 is 1.50 bits per heavy atom. The fourth-order valence-corrected chi connectivity index (χ4v) is 2.84. The predicted octanol–water partition coefficient (Wildman–Crippen LogP) is 1.86. The lowest BCUT2D eigenvalue weighted by atomic mass is 10.1. The molecule has 0 bridgehead atoms. The van der Waals surface area contributed by atoms with Crippen LogP contribution in [0.15, 0.2) is 23.0 Å². The molecule has 2 heterocycles. The molecule has 0 radical (unpaired) electrons. The van der Waals surface area contributed by atoms with Gasteiger partial charge >= 0.3 is 0 Å². The van der Waals surface area contributed by atoms with Crippen molar-refractivity contribution in [3.05, 3.63) is 39.9 Å². The van der Waals surface area contributed by atoms with Gasteiger partial charge in [-0.2, -0.15) is 0 Å². The van der Waals surface area contributed by atoms with E-state index >= 15 is 0 Å². The highest BCUT2D eigenvalue weighted by Crippen LogP contribution is 2.22. The van der Waals surface area contributed by atoms with Crippen molar-refractivity contribution in [1.29, 1.82) is 0 Å². The molecule has 0 aliphatic carbocycles. The van der Waals surface area contributed by atoms with E-state index < -0.39 is 0 Å². The summed E-state index contributed by atoms with van der Waals surface area (Å²) in [5.41, 5.74) is 1.79. The first-order chi connectivity index (χ1) is 8.74. The van der Waals surface area contributed by atoms with Gasteiger partial charge in [-0.25, -0.2) is 4.98 Å². The number of H-pyrrole nitrogens is 1. The molecule has 1 saturated heterocycles. The Kier molecular flexibility index (Phi) is 3.09. The first kappa shape index (κ1) is 11.7. The van der Waals surface area contributed by atoms with Crippen molar-refractivity contribution in [2.24, 2.45) is 0 Å². The number of thioether (sulfide) groups is 1. The van der Waals surface area contributed by atoms with Crippen molar-refractivity contribution < 1.29 is 4.74 Å². The molecule has 1 N–H and O–H groups in total. The molecule has 1 aliphatic rings. The van der Waals surface area contributed by atoms with Crippen LogP contribution in [-0.2, 0) is 10.5 Å². The van der Waals surface area contributed by atoms with E-state index in [1.54, 1.807) is 11.8 Å². The minimum atomic E-state index is -0.0517. The predicted molar refractivity (Wildman–Crippen MR) is 73.0 cm³/mol. The lowest BCUT2D eigenvalue weighted by molar-refractivity contribution is 0.0455. The number of ether oxygens (including phenoxy) is 1. The van der Waals surface area contributed by atoms with Crippen molar-refractivity contribution in [3.63, 3.8) is 0 Å². The maximum absolute atomic E-state index is 12.0. The molecule has 0 spiro atoms. The number of rotatable bonds is 3. The zero-order valence-corrected chi connectivity index (χ0v) is 10.9. The van der Waals surface area contributed by atoms with Crippen LogP contribution in [0.5, 0.6) is 0 Å². The molecule has 5 heteroatoms. The van der Waals surface area contributed by atoms with Crippen LogP contribution >= 0.6 is 11.8 Å². The number of nitrogens with zero attached hydrogens (tertiary/aromatic N) is 1. The average molecular weight is 262 g/mol. The van der Waals surface area contributed by atoms with Gasteiger partial charge in [0, 0.05) is 0 Å². The van der Waals surface area contributed by atoms with E-state index in [4.69, 9.17) is 4.74 Å². The van der Waals surface area contributed by atoms with Crippen LogP contribution in [0.2, 0.25) is 0 Å². The van der Waals surface area contributed by atoms with Crippen molar-refractivity contribution in [2.45, 2.75) is 17.9 Å². The van der Waals surface area contributed by atoms with Crippen LogP contribution in [-0.4, -0.2) is 28.4 Å². The number of hydrogen-bond donors (Lipinski definition) is 1. The van der Waals surface area contributed by atoms with E-state index in [1.165, 1.54) is 0 Å². The molecule has 1 aromatic heterocycles. The topological polar surface area (TPSA) is 55.0 Å². The third-order valence-electron chi connectivity index (χ3n) is 3.05. The second kappa shape index (κ2) is 4.74. The van der Waals surface area contributed by atoms with Crippen molar-refractivity contribution >= 4 is 22.7 Å². The van der Waals surface area contributed by atoms with Gasteiger partial charge in [-0.1, -0.05) is 12.1 Å². The number of aryl methyl sites for hydroxylation is 1. The summed E-state index contributed by atoms with van der Waals surface area (Å²) >= 11 is 1.78. The van der Waals surface area contributed by atoms with Crippen LogP contribution in [0.4, 0.5) is 0 Å². The summed E-state index contributed by atoms with van der Waals surface area (Å²) in [6.07, 6.45) is 0. The normalized spacial score (nSPS) is 15.8. The minimum absolute atomic E-state index is 0.0517. The van der Waals surface area contributed by atoms with Gasteiger partial charge in [0.25, 0.3) is 5.56 Å². The van der Waals surface area contributed by atoms with Crippen LogP contribution < -0.4 is 5.56 Å². The average Bonchev–Trinajstić information content (AvgIpc) is 2.29. The van der Waals surface area contributed by atoms with Crippen molar-refractivity contribution in [1.82, 2.24) is 9.97 Å². The Morgan fingerprint density at radius 2 is 2.33 bits per heavy atom. The van der Waals surface area contributed by atoms with Gasteiger partial charge < -0.3 is 9.72 Å². The molecule has 18 heavy (non-hydrogen) atoms. The first-order valence-electron chi connectivity index (χ1n) is 5.92. The highest BCUT2D eigenvalue weighted by atomic mass is 32.2. The first-order valence-corrected chi connectivity index (χ1v) is 6.97. The summed E-state index contributed by atoms with van der Waals surface area (Å²) < 4.78 is 5.12. The van der Waals surface area contributed by atoms with Gasteiger partial charge in [-0.3, -0.25) is 4.79 Å². The summed E-state index contributed by atoms with van der Waals surface area (Å²) in [7, 11) is 0. The second-order valence-electron chi connectivity index (χ2n) is 4.45. The quantitative estimate of drug-likeness (QED) is 0.917. The highest BCUT2D eigenvalue weighted by Gasteiger charge is 2.19. The molecular weight excluding hydrogens is 248 g/mol. The number of nitrogens with one attached hydrogen (secondary N) is 1. The van der Waals surface area contributed by atoms with Gasteiger partial charge in [0.05, 0.1) is 35.1 Å². The Morgan fingerprint density at radius 3 is 3.06 bits per heavy atom. The van der Waals surface area contributed by atoms with Crippen molar-refractivity contribution in [3.8, 4) is 0 Å². The molecule has 0 saturated carbocycles. The van der Waals surface area contributed by atoms with Crippen LogP contribution in [0, 0.1) is 6.92 Å². The fraction of sp³-hybridized carbons (Fsp3) is 0.385. The maximum Gasteiger partial charge on any atom is 0.258 e. The van der Waals surface area contributed by atoms with Crippen LogP contribution in [0.25, 0.3) is 10.9 Å². The molecule has 0 amide bonds. The van der Waals surface area contributed by atoms with E-state index in [2.05, 4.69) is 9.97 Å². The lowest BCUT2D eigenvalue weighted by Gasteiger charge is -2.24. The van der Waals surface area contributed by atoms with Gasteiger partial charge in [0.1, 0.15) is 5.82 Å². The smallest absolute Gasteiger partial charge is 0.258 e. The zero-order chi connectivity index (χ0) is 12.5. The summed E-state index contributed by atoms with van der Waals surface area (Å²) in [4.78, 5) is 19.4. The standard InChI is InChI=1S/C13H14N2O2S/c1-8-3-2-4-10-12(8)14-11(15-13(10)16)7-18-9-5-17-6-9/h2-4,9H,5-7H2,1H3,(H,14,15,16). The molecule has 4 nitrogen and oxygen atoms in total. The molecule has 1 aliphatic heterocycles. The Balaban J connectivity index is 1.93. The summed E-state index contributed by atoms with van der Waals surface area (Å²) in [6.45, 7) is 3.59. The largest absolute Gasteiger partial charge is 0.379 e. The number of aromatic nitrogens is 2. The zero-order valence-electron chi connectivity index (χ0n) is 10.1. The van der Waals surface area contributed by atoms with Gasteiger partial charge in [-0.15, -0.1) is 11.8 Å². The van der Waals surface area contributed by atoms with E-state index in [1.807, 2.05) is 25.1 Å². The molecule has 94 valence electrons. The summed E-state index contributed by atoms with van der Waals surface area (Å²) in [6, 6.07) is 5.67. The van der Waals surface area contributed by atoms with Crippen LogP contribution in [0.1, 0.15) is 11.4 Å². The number of benzene rings is 1. The van der Waals surface area contributed by atoms with Crippen LogP contribution in [0.3, 0.4) is 0 Å². The highest BCUT2D eigenvalue weighted by molar-refractivity contribution is 7.99. The Labute approximate surface area is 109 Å². The molecule has 0 unspecified atom stereocenters. The fourth-order valence-electron chi connectivity index (χ4n) is 1.93. The lowest BCUT2D eigenvalue weighted by Crippen LogP contribution is -2.30. The molecule has 3 rings (SSSR count). The van der Waals surface area contributed by atoms with E-state index in [9.17, 15) is 4.79 Å². The molecular formula is C13H14N2O2S. The Bertz CT molecular complexity index is 634.